The fraction of sp³-hybridized carbons (Fsp3) is 0.333. The molecule has 20 heavy (non-hydrogen) atoms. The fourth-order valence-corrected chi connectivity index (χ4v) is 2.38. The minimum absolute atomic E-state index is 0.0893. The summed E-state index contributed by atoms with van der Waals surface area (Å²) in [5, 5.41) is 4.74. The minimum atomic E-state index is -1.04. The largest absolute Gasteiger partial charge is 0.315 e. The Kier molecular flexibility index (Phi) is 3.97. The number of carbonyl (C=O) groups is 1. The van der Waals surface area contributed by atoms with E-state index < -0.39 is 5.54 Å². The summed E-state index contributed by atoms with van der Waals surface area (Å²) < 4.78 is 1.64. The molecule has 0 saturated heterocycles. The van der Waals surface area contributed by atoms with Gasteiger partial charge in [0.2, 0.25) is 0 Å². The highest BCUT2D eigenvalue weighted by atomic mass is 35.5. The monoisotopic (exact) mass is 291 g/mol. The first-order valence-electron chi connectivity index (χ1n) is 6.39. The normalized spacial score (nSPS) is 14.1. The summed E-state index contributed by atoms with van der Waals surface area (Å²) in [6.45, 7) is 3.54. The molecule has 1 unspecified atom stereocenters. The third kappa shape index (κ3) is 2.62. The van der Waals surface area contributed by atoms with Crippen molar-refractivity contribution in [2.75, 3.05) is 0 Å². The van der Waals surface area contributed by atoms with E-state index in [1.54, 1.807) is 18.7 Å². The second-order valence-corrected chi connectivity index (χ2v) is 5.52. The Hall–Kier alpha value is -1.65. The van der Waals surface area contributed by atoms with Crippen LogP contribution in [0.2, 0.25) is 5.02 Å². The van der Waals surface area contributed by atoms with Crippen LogP contribution in [0.25, 0.3) is 0 Å². The van der Waals surface area contributed by atoms with Crippen molar-refractivity contribution in [3.8, 4) is 0 Å². The van der Waals surface area contributed by atoms with E-state index in [4.69, 9.17) is 17.3 Å². The highest BCUT2D eigenvalue weighted by Gasteiger charge is 2.31. The maximum absolute atomic E-state index is 12.5. The molecule has 2 rings (SSSR count). The predicted octanol–water partition coefficient (Wildman–Crippen LogP) is 2.37. The van der Waals surface area contributed by atoms with E-state index in [9.17, 15) is 4.79 Å². The van der Waals surface area contributed by atoms with Gasteiger partial charge in [-0.3, -0.25) is 9.48 Å². The van der Waals surface area contributed by atoms with Crippen molar-refractivity contribution in [1.29, 1.82) is 0 Å². The summed E-state index contributed by atoms with van der Waals surface area (Å²) >= 11 is 6.18. The molecule has 1 heterocycles. The Bertz CT molecular complexity index is 632. The zero-order chi connectivity index (χ0) is 14.9. The second-order valence-electron chi connectivity index (χ2n) is 5.14. The van der Waals surface area contributed by atoms with Gasteiger partial charge in [0.25, 0.3) is 0 Å². The smallest absolute Gasteiger partial charge is 0.162 e. The van der Waals surface area contributed by atoms with E-state index in [1.165, 1.54) is 0 Å². The van der Waals surface area contributed by atoms with E-state index in [0.717, 1.165) is 11.3 Å². The van der Waals surface area contributed by atoms with Crippen molar-refractivity contribution >= 4 is 17.4 Å². The highest BCUT2D eigenvalue weighted by molar-refractivity contribution is 6.32. The van der Waals surface area contributed by atoms with Crippen LogP contribution in [0.5, 0.6) is 0 Å². The number of nitrogens with two attached hydrogens (primary N) is 1. The van der Waals surface area contributed by atoms with Gasteiger partial charge in [0, 0.05) is 7.05 Å². The maximum Gasteiger partial charge on any atom is 0.162 e. The number of aromatic nitrogens is 2. The average molecular weight is 292 g/mol. The van der Waals surface area contributed by atoms with Crippen LogP contribution in [0.4, 0.5) is 0 Å². The Morgan fingerprint density at radius 3 is 2.50 bits per heavy atom. The Labute approximate surface area is 123 Å². The van der Waals surface area contributed by atoms with E-state index >= 15 is 0 Å². The van der Waals surface area contributed by atoms with Crippen molar-refractivity contribution in [1.82, 2.24) is 9.78 Å². The summed E-state index contributed by atoms with van der Waals surface area (Å²) in [5.41, 5.74) is 7.38. The Morgan fingerprint density at radius 1 is 1.40 bits per heavy atom. The second kappa shape index (κ2) is 5.38. The van der Waals surface area contributed by atoms with Gasteiger partial charge >= 0.3 is 0 Å². The molecule has 0 aliphatic carbocycles. The quantitative estimate of drug-likeness (QED) is 0.941. The molecule has 0 fully saturated rings. The van der Waals surface area contributed by atoms with Gasteiger partial charge in [-0.1, -0.05) is 41.9 Å². The molecule has 106 valence electrons. The number of halogens is 1. The van der Waals surface area contributed by atoms with Gasteiger partial charge in [0.15, 0.2) is 5.78 Å². The molecule has 0 radical (unpaired) electrons. The lowest BCUT2D eigenvalue weighted by molar-refractivity contribution is -0.123. The summed E-state index contributed by atoms with van der Waals surface area (Å²) in [4.78, 5) is 12.5. The lowest BCUT2D eigenvalue weighted by atomic mass is 9.86. The van der Waals surface area contributed by atoms with Crippen LogP contribution in [0, 0.1) is 6.92 Å². The van der Waals surface area contributed by atoms with Crippen LogP contribution in [0.1, 0.15) is 23.9 Å². The van der Waals surface area contributed by atoms with Crippen molar-refractivity contribution < 1.29 is 4.79 Å². The number of aryl methyl sites for hydroxylation is 2. The maximum atomic E-state index is 12.5. The Balaban J connectivity index is 2.28. The van der Waals surface area contributed by atoms with Gasteiger partial charge in [-0.05, 0) is 19.4 Å². The van der Waals surface area contributed by atoms with Gasteiger partial charge in [-0.2, -0.15) is 5.10 Å². The first kappa shape index (κ1) is 14.8. The molecule has 0 saturated carbocycles. The molecule has 1 atom stereocenters. The lowest BCUT2D eigenvalue weighted by Gasteiger charge is -2.23. The van der Waals surface area contributed by atoms with Crippen LogP contribution >= 0.6 is 11.6 Å². The van der Waals surface area contributed by atoms with Crippen LogP contribution in [-0.4, -0.2) is 15.6 Å². The highest BCUT2D eigenvalue weighted by Crippen LogP contribution is 2.24. The van der Waals surface area contributed by atoms with Gasteiger partial charge in [0.1, 0.15) is 0 Å². The number of Topliss-reactive ketones (excluding diaryl/α,β-unsaturated/α-hetero) is 1. The number of benzene rings is 1. The fourth-order valence-electron chi connectivity index (χ4n) is 2.15. The predicted molar refractivity (Wildman–Crippen MR) is 79.6 cm³/mol. The van der Waals surface area contributed by atoms with Gasteiger partial charge < -0.3 is 5.73 Å². The van der Waals surface area contributed by atoms with E-state index in [0.29, 0.717) is 10.7 Å². The summed E-state index contributed by atoms with van der Waals surface area (Å²) in [5.74, 6) is -0.0893. The Morgan fingerprint density at radius 2 is 2.00 bits per heavy atom. The number of rotatable bonds is 4. The van der Waals surface area contributed by atoms with Crippen molar-refractivity contribution in [3.63, 3.8) is 0 Å². The molecular formula is C15H18ClN3O. The van der Waals surface area contributed by atoms with Gasteiger partial charge in [-0.25, -0.2) is 0 Å². The van der Waals surface area contributed by atoms with Gasteiger partial charge in [0.05, 0.1) is 28.4 Å². The third-order valence-corrected chi connectivity index (χ3v) is 4.03. The van der Waals surface area contributed by atoms with Crippen molar-refractivity contribution in [2.24, 2.45) is 12.8 Å². The first-order valence-corrected chi connectivity index (χ1v) is 6.77. The number of carbonyl (C=O) groups excluding carboxylic acids is 1. The van der Waals surface area contributed by atoms with E-state index in [1.807, 2.05) is 37.3 Å². The first-order chi connectivity index (χ1) is 9.34. The molecular weight excluding hydrogens is 274 g/mol. The molecule has 0 aliphatic rings. The standard InChI is InChI=1S/C15H18ClN3O/c1-10-14(16)12(19(3)18-10)9-13(20)15(2,17)11-7-5-4-6-8-11/h4-8H,9,17H2,1-3H3. The zero-order valence-corrected chi connectivity index (χ0v) is 12.6. The molecule has 4 nitrogen and oxygen atoms in total. The zero-order valence-electron chi connectivity index (χ0n) is 11.9. The van der Waals surface area contributed by atoms with Gasteiger partial charge in [-0.15, -0.1) is 0 Å². The topological polar surface area (TPSA) is 60.9 Å². The summed E-state index contributed by atoms with van der Waals surface area (Å²) in [6.07, 6.45) is 0.165. The average Bonchev–Trinajstić information content (AvgIpc) is 2.66. The third-order valence-electron chi connectivity index (χ3n) is 3.54. The van der Waals surface area contributed by atoms with Crippen LogP contribution in [0.15, 0.2) is 30.3 Å². The molecule has 1 aromatic heterocycles. The lowest BCUT2D eigenvalue weighted by Crippen LogP contribution is -2.43. The van der Waals surface area contributed by atoms with Crippen LogP contribution in [0.3, 0.4) is 0 Å². The minimum Gasteiger partial charge on any atom is -0.315 e. The van der Waals surface area contributed by atoms with Crippen LogP contribution in [-0.2, 0) is 23.8 Å². The number of nitrogens with zero attached hydrogens (tertiary/aromatic N) is 2. The van der Waals surface area contributed by atoms with Crippen molar-refractivity contribution in [3.05, 3.63) is 52.3 Å². The molecule has 0 aliphatic heterocycles. The molecule has 0 spiro atoms. The molecule has 2 aromatic rings. The molecule has 2 N–H and O–H groups in total. The number of ketones is 1. The number of hydrogen-bond acceptors (Lipinski definition) is 3. The SMILES string of the molecule is Cc1nn(C)c(CC(=O)C(C)(N)c2ccccc2)c1Cl. The van der Waals surface area contributed by atoms with E-state index in [-0.39, 0.29) is 12.2 Å². The molecule has 1 aromatic carbocycles. The van der Waals surface area contributed by atoms with Crippen molar-refractivity contribution in [2.45, 2.75) is 25.8 Å². The molecule has 5 heteroatoms. The molecule has 0 bridgehead atoms. The number of hydrogen-bond donors (Lipinski definition) is 1. The summed E-state index contributed by atoms with van der Waals surface area (Å²) in [6, 6.07) is 9.34. The van der Waals surface area contributed by atoms with E-state index in [2.05, 4.69) is 5.10 Å². The molecule has 0 amide bonds. The van der Waals surface area contributed by atoms with Crippen LogP contribution < -0.4 is 5.73 Å². The summed E-state index contributed by atoms with van der Waals surface area (Å²) in [7, 11) is 1.78.